The van der Waals surface area contributed by atoms with E-state index in [4.69, 9.17) is 9.47 Å². The fourth-order valence-corrected chi connectivity index (χ4v) is 2.68. The van der Waals surface area contributed by atoms with E-state index >= 15 is 0 Å². The summed E-state index contributed by atoms with van der Waals surface area (Å²) in [7, 11) is 1.55. The van der Waals surface area contributed by atoms with Crippen molar-refractivity contribution in [3.8, 4) is 5.75 Å². The average Bonchev–Trinajstić information content (AvgIpc) is 2.67. The summed E-state index contributed by atoms with van der Waals surface area (Å²) in [6, 6.07) is 6.01. The highest BCUT2D eigenvalue weighted by molar-refractivity contribution is 5.97. The van der Waals surface area contributed by atoms with Gasteiger partial charge in [0.15, 0.2) is 0 Å². The second-order valence-electron chi connectivity index (χ2n) is 5.93. The Morgan fingerprint density at radius 2 is 1.65 bits per heavy atom. The predicted molar refractivity (Wildman–Crippen MR) is 95.1 cm³/mol. The number of ether oxygens (including phenoxy) is 2. The van der Waals surface area contributed by atoms with E-state index in [1.165, 1.54) is 0 Å². The lowest BCUT2D eigenvalue weighted by atomic mass is 10.1. The van der Waals surface area contributed by atoms with E-state index in [2.05, 4.69) is 5.32 Å². The van der Waals surface area contributed by atoms with Crippen LogP contribution in [0, 0.1) is 0 Å². The Balaban J connectivity index is 1.85. The molecule has 1 fully saturated rings. The molecule has 0 unspecified atom stereocenters. The number of piperazine rings is 1. The van der Waals surface area contributed by atoms with Crippen LogP contribution in [0.4, 0.5) is 4.79 Å². The number of rotatable bonds is 5. The first-order chi connectivity index (χ1) is 12.5. The Morgan fingerprint density at radius 1 is 1.08 bits per heavy atom. The first kappa shape index (κ1) is 19.6. The van der Waals surface area contributed by atoms with Crippen LogP contribution in [0.25, 0.3) is 0 Å². The molecule has 2 rings (SSSR count). The third-order valence-corrected chi connectivity index (χ3v) is 4.19. The minimum atomic E-state index is -0.654. The smallest absolute Gasteiger partial charge is 0.409 e. The molecule has 0 aliphatic carbocycles. The summed E-state index contributed by atoms with van der Waals surface area (Å²) in [5.41, 5.74) is 0.456. The maximum absolute atomic E-state index is 12.5. The third kappa shape index (κ3) is 4.87. The molecule has 3 amide bonds. The molecule has 1 saturated heterocycles. The fraction of sp³-hybridized carbons (Fsp3) is 0.500. The summed E-state index contributed by atoms with van der Waals surface area (Å²) < 4.78 is 10.0. The van der Waals surface area contributed by atoms with Crippen LogP contribution in [0.5, 0.6) is 5.75 Å². The van der Waals surface area contributed by atoms with Gasteiger partial charge in [0.2, 0.25) is 5.91 Å². The Labute approximate surface area is 153 Å². The van der Waals surface area contributed by atoms with Gasteiger partial charge in [0.25, 0.3) is 5.91 Å². The van der Waals surface area contributed by atoms with Gasteiger partial charge in [-0.1, -0.05) is 0 Å². The maximum atomic E-state index is 12.5. The minimum absolute atomic E-state index is 0.171. The maximum Gasteiger partial charge on any atom is 0.409 e. The highest BCUT2D eigenvalue weighted by Crippen LogP contribution is 2.12. The van der Waals surface area contributed by atoms with Gasteiger partial charge in [0, 0.05) is 31.7 Å². The lowest BCUT2D eigenvalue weighted by Crippen LogP contribution is -2.55. The van der Waals surface area contributed by atoms with E-state index in [1.807, 2.05) is 0 Å². The number of carbonyl (C=O) groups is 3. The summed E-state index contributed by atoms with van der Waals surface area (Å²) in [6.07, 6.45) is -0.361. The molecule has 1 aliphatic rings. The molecule has 8 heteroatoms. The molecule has 8 nitrogen and oxygen atoms in total. The monoisotopic (exact) mass is 363 g/mol. The van der Waals surface area contributed by atoms with Crippen molar-refractivity contribution >= 4 is 17.9 Å². The number of methoxy groups -OCH3 is 1. The molecule has 0 saturated carbocycles. The van der Waals surface area contributed by atoms with E-state index in [1.54, 1.807) is 55.0 Å². The number of nitrogens with zero attached hydrogens (tertiary/aromatic N) is 2. The Morgan fingerprint density at radius 3 is 2.19 bits per heavy atom. The lowest BCUT2D eigenvalue weighted by molar-refractivity contribution is -0.134. The molecule has 1 aromatic carbocycles. The zero-order valence-corrected chi connectivity index (χ0v) is 15.4. The van der Waals surface area contributed by atoms with Crippen LogP contribution in [0.3, 0.4) is 0 Å². The normalized spacial score (nSPS) is 15.2. The van der Waals surface area contributed by atoms with Gasteiger partial charge in [-0.3, -0.25) is 9.59 Å². The Kier molecular flexibility index (Phi) is 6.82. The quantitative estimate of drug-likeness (QED) is 0.847. The molecule has 1 aromatic rings. The largest absolute Gasteiger partial charge is 0.497 e. The van der Waals surface area contributed by atoms with Crippen LogP contribution in [-0.4, -0.2) is 73.6 Å². The predicted octanol–water partition coefficient (Wildman–Crippen LogP) is 1.11. The molecule has 1 N–H and O–H groups in total. The second kappa shape index (κ2) is 9.07. The highest BCUT2D eigenvalue weighted by atomic mass is 16.6. The van der Waals surface area contributed by atoms with Crippen LogP contribution in [0.2, 0.25) is 0 Å². The first-order valence-corrected chi connectivity index (χ1v) is 8.61. The van der Waals surface area contributed by atoms with E-state index in [9.17, 15) is 14.4 Å². The van der Waals surface area contributed by atoms with Gasteiger partial charge >= 0.3 is 6.09 Å². The molecule has 0 radical (unpaired) electrons. The summed E-state index contributed by atoms with van der Waals surface area (Å²) in [4.78, 5) is 39.7. The van der Waals surface area contributed by atoms with Crippen molar-refractivity contribution in [3.63, 3.8) is 0 Å². The van der Waals surface area contributed by atoms with Crippen LogP contribution < -0.4 is 10.1 Å². The second-order valence-corrected chi connectivity index (χ2v) is 5.93. The average molecular weight is 363 g/mol. The summed E-state index contributed by atoms with van der Waals surface area (Å²) >= 11 is 0. The molecule has 0 spiro atoms. The number of amides is 3. The van der Waals surface area contributed by atoms with Crippen LogP contribution in [0.1, 0.15) is 24.2 Å². The molecular weight excluding hydrogens is 338 g/mol. The Bertz CT molecular complexity index is 639. The number of hydrogen-bond donors (Lipinski definition) is 1. The van der Waals surface area contributed by atoms with E-state index in [0.717, 1.165) is 0 Å². The number of carbonyl (C=O) groups excluding carboxylic acids is 3. The molecule has 1 atom stereocenters. The van der Waals surface area contributed by atoms with E-state index in [-0.39, 0.29) is 17.9 Å². The zero-order chi connectivity index (χ0) is 19.1. The highest BCUT2D eigenvalue weighted by Gasteiger charge is 2.28. The summed E-state index contributed by atoms with van der Waals surface area (Å²) in [5, 5.41) is 2.71. The number of benzene rings is 1. The van der Waals surface area contributed by atoms with Crippen molar-refractivity contribution < 1.29 is 23.9 Å². The van der Waals surface area contributed by atoms with Gasteiger partial charge in [-0.05, 0) is 38.1 Å². The minimum Gasteiger partial charge on any atom is -0.497 e. The van der Waals surface area contributed by atoms with Crippen molar-refractivity contribution in [3.05, 3.63) is 29.8 Å². The van der Waals surface area contributed by atoms with Gasteiger partial charge in [0.1, 0.15) is 11.8 Å². The summed E-state index contributed by atoms with van der Waals surface area (Å²) in [5.74, 6) is 0.166. The molecule has 1 aliphatic heterocycles. The van der Waals surface area contributed by atoms with E-state index < -0.39 is 6.04 Å². The van der Waals surface area contributed by atoms with Crippen molar-refractivity contribution in [2.75, 3.05) is 39.9 Å². The van der Waals surface area contributed by atoms with Crippen molar-refractivity contribution in [1.29, 1.82) is 0 Å². The van der Waals surface area contributed by atoms with Gasteiger partial charge in [-0.25, -0.2) is 4.79 Å². The summed E-state index contributed by atoms with van der Waals surface area (Å²) in [6.45, 7) is 5.41. The SMILES string of the molecule is CCOC(=O)N1CCN(C(=O)[C@H](C)NC(=O)c2ccc(OC)cc2)CC1. The van der Waals surface area contributed by atoms with Gasteiger partial charge < -0.3 is 24.6 Å². The van der Waals surface area contributed by atoms with Gasteiger partial charge in [0.05, 0.1) is 13.7 Å². The number of hydrogen-bond acceptors (Lipinski definition) is 5. The van der Waals surface area contributed by atoms with Crippen molar-refractivity contribution in [2.24, 2.45) is 0 Å². The van der Waals surface area contributed by atoms with Gasteiger partial charge in [-0.15, -0.1) is 0 Å². The molecule has 0 aromatic heterocycles. The first-order valence-electron chi connectivity index (χ1n) is 8.61. The molecule has 142 valence electrons. The van der Waals surface area contributed by atoms with Crippen LogP contribution in [0.15, 0.2) is 24.3 Å². The van der Waals surface area contributed by atoms with E-state index in [0.29, 0.717) is 44.1 Å². The molecular formula is C18H25N3O5. The van der Waals surface area contributed by atoms with Crippen LogP contribution in [-0.2, 0) is 9.53 Å². The topological polar surface area (TPSA) is 88.2 Å². The number of nitrogens with one attached hydrogen (secondary N) is 1. The lowest BCUT2D eigenvalue weighted by Gasteiger charge is -2.35. The Hall–Kier alpha value is -2.77. The molecule has 1 heterocycles. The third-order valence-electron chi connectivity index (χ3n) is 4.19. The van der Waals surface area contributed by atoms with Crippen molar-refractivity contribution in [1.82, 2.24) is 15.1 Å². The van der Waals surface area contributed by atoms with Crippen LogP contribution >= 0.6 is 0 Å². The standard InChI is InChI=1S/C18H25N3O5/c1-4-26-18(24)21-11-9-20(10-12-21)17(23)13(2)19-16(22)14-5-7-15(25-3)8-6-14/h5-8,13H,4,9-12H2,1-3H3,(H,19,22)/t13-/m0/s1. The molecule has 26 heavy (non-hydrogen) atoms. The fourth-order valence-electron chi connectivity index (χ4n) is 2.68. The zero-order valence-electron chi connectivity index (χ0n) is 15.4. The van der Waals surface area contributed by atoms with Gasteiger partial charge in [-0.2, -0.15) is 0 Å². The van der Waals surface area contributed by atoms with Crippen molar-refractivity contribution in [2.45, 2.75) is 19.9 Å². The molecule has 0 bridgehead atoms.